The number of carbonyl (C=O) groups is 1. The lowest BCUT2D eigenvalue weighted by atomic mass is 10.2. The van der Waals surface area contributed by atoms with E-state index in [0.29, 0.717) is 13.1 Å². The van der Waals surface area contributed by atoms with Crippen molar-refractivity contribution in [2.24, 2.45) is 0 Å². The minimum Gasteiger partial charge on any atom is -0.379 e. The minimum atomic E-state index is 0.0730. The summed E-state index contributed by atoms with van der Waals surface area (Å²) in [7, 11) is 0. The summed E-state index contributed by atoms with van der Waals surface area (Å²) >= 11 is 1.76. The maximum atomic E-state index is 12.5. The Hall–Kier alpha value is -2.59. The molecule has 35 heavy (non-hydrogen) atoms. The molecular formula is C26H34N6O2S. The van der Waals surface area contributed by atoms with Gasteiger partial charge in [0.25, 0.3) is 0 Å². The topological polar surface area (TPSA) is 73.8 Å². The van der Waals surface area contributed by atoms with E-state index in [1.165, 1.54) is 15.8 Å². The van der Waals surface area contributed by atoms with Gasteiger partial charge in [-0.25, -0.2) is 9.97 Å². The van der Waals surface area contributed by atoms with E-state index in [0.717, 1.165) is 81.1 Å². The molecule has 1 amide bonds. The molecule has 1 aromatic carbocycles. The average Bonchev–Trinajstić information content (AvgIpc) is 3.17. The van der Waals surface area contributed by atoms with Crippen molar-refractivity contribution >= 4 is 33.3 Å². The van der Waals surface area contributed by atoms with Gasteiger partial charge in [-0.3, -0.25) is 14.6 Å². The van der Waals surface area contributed by atoms with Crippen LogP contribution in [0.2, 0.25) is 0 Å². The molecule has 0 radical (unpaired) electrons. The number of nitrogens with zero attached hydrogens (tertiary/aromatic N) is 5. The van der Waals surface area contributed by atoms with E-state index in [-0.39, 0.29) is 5.91 Å². The third kappa shape index (κ3) is 5.81. The highest BCUT2D eigenvalue weighted by Gasteiger charge is 2.25. The first kappa shape index (κ1) is 24.1. The predicted octanol–water partition coefficient (Wildman–Crippen LogP) is 2.58. The molecule has 2 aliphatic rings. The summed E-state index contributed by atoms with van der Waals surface area (Å²) < 4.78 is 5.50. The molecule has 1 N–H and O–H groups in total. The van der Waals surface area contributed by atoms with E-state index in [4.69, 9.17) is 14.7 Å². The highest BCUT2D eigenvalue weighted by Crippen LogP contribution is 2.35. The molecule has 0 spiro atoms. The van der Waals surface area contributed by atoms with Gasteiger partial charge < -0.3 is 15.0 Å². The van der Waals surface area contributed by atoms with Crippen molar-refractivity contribution in [3.63, 3.8) is 0 Å². The van der Waals surface area contributed by atoms with Crippen LogP contribution >= 0.6 is 11.3 Å². The number of aryl methyl sites for hydroxylation is 2. The standard InChI is InChI=1S/C26H34N6O2S/c1-19-20(2)35-26-24(19)25(28-22(29-26)17-31-12-14-34-15-13-31)32-10-8-30(9-11-32)18-23(33)27-16-21-6-4-3-5-7-21/h3-7H,8-18H2,1-2H3,(H,27,33). The van der Waals surface area contributed by atoms with Gasteiger partial charge in [0.1, 0.15) is 16.5 Å². The molecule has 186 valence electrons. The number of hydrogen-bond acceptors (Lipinski definition) is 8. The molecule has 2 saturated heterocycles. The Bertz CT molecular complexity index is 1150. The number of thiophene rings is 1. The zero-order valence-electron chi connectivity index (χ0n) is 20.6. The van der Waals surface area contributed by atoms with E-state index in [1.807, 2.05) is 30.3 Å². The second-order valence-corrected chi connectivity index (χ2v) is 10.5. The molecule has 0 aliphatic carbocycles. The molecule has 8 nitrogen and oxygen atoms in total. The molecule has 5 rings (SSSR count). The van der Waals surface area contributed by atoms with Crippen LogP contribution in [0.4, 0.5) is 5.82 Å². The maximum Gasteiger partial charge on any atom is 0.234 e. The summed E-state index contributed by atoms with van der Waals surface area (Å²) in [6, 6.07) is 10.0. The van der Waals surface area contributed by atoms with Crippen molar-refractivity contribution in [2.45, 2.75) is 26.9 Å². The van der Waals surface area contributed by atoms with Crippen LogP contribution in [-0.2, 0) is 22.6 Å². The Morgan fingerprint density at radius 3 is 2.49 bits per heavy atom. The van der Waals surface area contributed by atoms with Crippen LogP contribution in [0.3, 0.4) is 0 Å². The van der Waals surface area contributed by atoms with Crippen molar-refractivity contribution in [2.75, 3.05) is 63.9 Å². The molecule has 0 atom stereocenters. The van der Waals surface area contributed by atoms with E-state index in [1.54, 1.807) is 11.3 Å². The zero-order chi connectivity index (χ0) is 24.2. The van der Waals surface area contributed by atoms with Gasteiger partial charge in [-0.1, -0.05) is 30.3 Å². The van der Waals surface area contributed by atoms with Crippen molar-refractivity contribution in [1.29, 1.82) is 0 Å². The number of anilines is 1. The fourth-order valence-corrected chi connectivity index (χ4v) is 5.75. The van der Waals surface area contributed by atoms with E-state index >= 15 is 0 Å². The Balaban J connectivity index is 1.24. The molecule has 9 heteroatoms. The monoisotopic (exact) mass is 494 g/mol. The third-order valence-electron chi connectivity index (χ3n) is 6.90. The number of aromatic nitrogens is 2. The van der Waals surface area contributed by atoms with E-state index in [9.17, 15) is 4.79 Å². The van der Waals surface area contributed by atoms with Crippen LogP contribution in [0, 0.1) is 13.8 Å². The average molecular weight is 495 g/mol. The second kappa shape index (κ2) is 11.0. The number of amides is 1. The third-order valence-corrected chi connectivity index (χ3v) is 8.00. The molecule has 2 aliphatic heterocycles. The summed E-state index contributed by atoms with van der Waals surface area (Å²) in [5, 5.41) is 4.23. The first-order valence-corrected chi connectivity index (χ1v) is 13.2. The fourth-order valence-electron chi connectivity index (χ4n) is 4.70. The van der Waals surface area contributed by atoms with Crippen molar-refractivity contribution in [3.8, 4) is 0 Å². The van der Waals surface area contributed by atoms with Crippen LogP contribution in [0.5, 0.6) is 0 Å². The summed E-state index contributed by atoms with van der Waals surface area (Å²) in [5.41, 5.74) is 2.40. The summed E-state index contributed by atoms with van der Waals surface area (Å²) in [6.45, 7) is 12.9. The van der Waals surface area contributed by atoms with Crippen LogP contribution in [0.1, 0.15) is 21.8 Å². The van der Waals surface area contributed by atoms with Gasteiger partial charge in [0.2, 0.25) is 5.91 Å². The lowest BCUT2D eigenvalue weighted by Crippen LogP contribution is -2.49. The Morgan fingerprint density at radius 2 is 1.74 bits per heavy atom. The molecule has 4 heterocycles. The molecule has 0 bridgehead atoms. The van der Waals surface area contributed by atoms with Crippen LogP contribution < -0.4 is 10.2 Å². The Labute approximate surface area is 210 Å². The van der Waals surface area contributed by atoms with E-state index in [2.05, 4.69) is 33.9 Å². The Morgan fingerprint density at radius 1 is 1.00 bits per heavy atom. The van der Waals surface area contributed by atoms with Gasteiger partial charge in [0, 0.05) is 50.7 Å². The van der Waals surface area contributed by atoms with Crippen LogP contribution in [0.25, 0.3) is 10.2 Å². The first-order valence-electron chi connectivity index (χ1n) is 12.4. The SMILES string of the molecule is Cc1sc2nc(CN3CCOCC3)nc(N3CCN(CC(=O)NCc4ccccc4)CC3)c2c1C. The number of rotatable bonds is 7. The largest absolute Gasteiger partial charge is 0.379 e. The summed E-state index contributed by atoms with van der Waals surface area (Å²) in [4.78, 5) is 31.9. The molecule has 2 fully saturated rings. The van der Waals surface area contributed by atoms with Crippen LogP contribution in [0.15, 0.2) is 30.3 Å². The highest BCUT2D eigenvalue weighted by atomic mass is 32.1. The minimum absolute atomic E-state index is 0.0730. The second-order valence-electron chi connectivity index (χ2n) is 9.34. The predicted molar refractivity (Wildman–Crippen MR) is 140 cm³/mol. The normalized spacial score (nSPS) is 17.7. The Kier molecular flexibility index (Phi) is 7.57. The van der Waals surface area contributed by atoms with Gasteiger partial charge in [-0.15, -0.1) is 11.3 Å². The molecular weight excluding hydrogens is 460 g/mol. The lowest BCUT2D eigenvalue weighted by Gasteiger charge is -2.35. The maximum absolute atomic E-state index is 12.5. The number of carbonyl (C=O) groups excluding carboxylic acids is 1. The zero-order valence-corrected chi connectivity index (χ0v) is 21.4. The number of hydrogen-bond donors (Lipinski definition) is 1. The van der Waals surface area contributed by atoms with Gasteiger partial charge in [-0.05, 0) is 25.0 Å². The first-order chi connectivity index (χ1) is 17.1. The summed E-state index contributed by atoms with van der Waals surface area (Å²) in [6.07, 6.45) is 0. The van der Waals surface area contributed by atoms with Crippen molar-refractivity contribution in [3.05, 3.63) is 52.2 Å². The van der Waals surface area contributed by atoms with Crippen molar-refractivity contribution < 1.29 is 9.53 Å². The van der Waals surface area contributed by atoms with E-state index < -0.39 is 0 Å². The van der Waals surface area contributed by atoms with Gasteiger partial charge >= 0.3 is 0 Å². The quantitative estimate of drug-likeness (QED) is 0.541. The number of fused-ring (bicyclic) bond motifs is 1. The molecule has 0 saturated carbocycles. The number of morpholine rings is 1. The number of ether oxygens (including phenoxy) is 1. The van der Waals surface area contributed by atoms with Crippen LogP contribution in [-0.4, -0.2) is 84.7 Å². The number of benzene rings is 1. The number of nitrogens with one attached hydrogen (secondary N) is 1. The molecule has 2 aromatic heterocycles. The van der Waals surface area contributed by atoms with Gasteiger partial charge in [-0.2, -0.15) is 0 Å². The molecule has 3 aromatic rings. The summed E-state index contributed by atoms with van der Waals surface area (Å²) in [5.74, 6) is 2.01. The van der Waals surface area contributed by atoms with Gasteiger partial charge in [0.05, 0.1) is 31.7 Å². The fraction of sp³-hybridized carbons (Fsp3) is 0.500. The number of piperazine rings is 1. The highest BCUT2D eigenvalue weighted by molar-refractivity contribution is 7.18. The van der Waals surface area contributed by atoms with Gasteiger partial charge in [0.15, 0.2) is 0 Å². The lowest BCUT2D eigenvalue weighted by molar-refractivity contribution is -0.122. The molecule has 0 unspecified atom stereocenters. The van der Waals surface area contributed by atoms with Crippen molar-refractivity contribution in [1.82, 2.24) is 25.1 Å². The smallest absolute Gasteiger partial charge is 0.234 e.